The van der Waals surface area contributed by atoms with Crippen molar-refractivity contribution in [2.75, 3.05) is 6.61 Å². The lowest BCUT2D eigenvalue weighted by Gasteiger charge is -2.17. The topological polar surface area (TPSA) is 69.4 Å². The molecule has 0 unspecified atom stereocenters. The van der Waals surface area contributed by atoms with Gasteiger partial charge in [-0.1, -0.05) is 32.1 Å². The van der Waals surface area contributed by atoms with Gasteiger partial charge in [0.05, 0.1) is 16.4 Å². The smallest absolute Gasteiger partial charge is 0.323 e. The van der Waals surface area contributed by atoms with Gasteiger partial charge in [-0.25, -0.2) is 0 Å². The monoisotopic (exact) mass is 271 g/mol. The molecule has 0 saturated carbocycles. The highest BCUT2D eigenvalue weighted by Gasteiger charge is 2.22. The van der Waals surface area contributed by atoms with E-state index in [2.05, 4.69) is 20.8 Å². The zero-order valence-corrected chi connectivity index (χ0v) is 11.8. The number of nitrogens with zero attached hydrogens (tertiary/aromatic N) is 1. The van der Waals surface area contributed by atoms with Crippen LogP contribution in [0.25, 0.3) is 0 Å². The van der Waals surface area contributed by atoms with Crippen molar-refractivity contribution in [2.45, 2.75) is 34.1 Å². The van der Waals surface area contributed by atoms with Gasteiger partial charge in [0.2, 0.25) is 0 Å². The molecule has 0 aliphatic heterocycles. The second-order valence-corrected chi connectivity index (χ2v) is 6.27. The highest BCUT2D eigenvalue weighted by Crippen LogP contribution is 2.37. The second kappa shape index (κ2) is 5.48. The van der Waals surface area contributed by atoms with Crippen LogP contribution in [0.2, 0.25) is 0 Å². The summed E-state index contributed by atoms with van der Waals surface area (Å²) in [4.78, 5) is 21.9. The summed E-state index contributed by atoms with van der Waals surface area (Å²) in [5, 5.41) is 11.1. The Kier molecular flexibility index (Phi) is 4.45. The number of Topliss-reactive ketones (excluding diaryl/α,β-unsaturated/α-hetero) is 1. The molecule has 1 rings (SSSR count). The van der Waals surface area contributed by atoms with Crippen molar-refractivity contribution in [3.8, 4) is 5.06 Å². The molecule has 0 aliphatic carbocycles. The molecule has 0 spiro atoms. The number of hydrogen-bond donors (Lipinski definition) is 0. The van der Waals surface area contributed by atoms with Crippen molar-refractivity contribution < 1.29 is 14.5 Å². The molecule has 0 fully saturated rings. The maximum atomic E-state index is 11.2. The summed E-state index contributed by atoms with van der Waals surface area (Å²) < 4.78 is 5.43. The van der Waals surface area contributed by atoms with Crippen molar-refractivity contribution >= 4 is 22.8 Å². The molecule has 0 aliphatic rings. The van der Waals surface area contributed by atoms with Crippen LogP contribution in [0, 0.1) is 15.5 Å². The largest absolute Gasteiger partial charge is 0.479 e. The maximum absolute atomic E-state index is 11.2. The van der Waals surface area contributed by atoms with E-state index in [-0.39, 0.29) is 21.9 Å². The summed E-state index contributed by atoms with van der Waals surface area (Å²) >= 11 is 1.03. The van der Waals surface area contributed by atoms with Crippen molar-refractivity contribution in [2.24, 2.45) is 5.41 Å². The lowest BCUT2D eigenvalue weighted by molar-refractivity contribution is -0.385. The number of carbonyl (C=O) groups is 1. The predicted molar refractivity (Wildman–Crippen MR) is 70.5 cm³/mol. The minimum Gasteiger partial charge on any atom is -0.479 e. The second-order valence-electron chi connectivity index (χ2n) is 5.26. The Balaban J connectivity index is 2.81. The van der Waals surface area contributed by atoms with E-state index in [1.165, 1.54) is 13.0 Å². The lowest BCUT2D eigenvalue weighted by atomic mass is 9.93. The Labute approximate surface area is 110 Å². The Hall–Kier alpha value is -1.43. The first-order valence-corrected chi connectivity index (χ1v) is 6.44. The van der Waals surface area contributed by atoms with Crippen molar-refractivity contribution in [3.05, 3.63) is 21.1 Å². The third-order valence-electron chi connectivity index (χ3n) is 2.31. The molecule has 18 heavy (non-hydrogen) atoms. The number of ether oxygens (including phenoxy) is 1. The Morgan fingerprint density at radius 3 is 2.56 bits per heavy atom. The van der Waals surface area contributed by atoms with Gasteiger partial charge in [-0.15, -0.1) is 0 Å². The van der Waals surface area contributed by atoms with Crippen molar-refractivity contribution in [3.63, 3.8) is 0 Å². The quantitative estimate of drug-likeness (QED) is 0.465. The van der Waals surface area contributed by atoms with E-state index in [0.29, 0.717) is 11.5 Å². The zero-order valence-electron chi connectivity index (χ0n) is 11.0. The first kappa shape index (κ1) is 14.6. The van der Waals surface area contributed by atoms with E-state index < -0.39 is 4.92 Å². The third-order valence-corrected chi connectivity index (χ3v) is 3.45. The molecule has 6 heteroatoms. The van der Waals surface area contributed by atoms with Gasteiger partial charge >= 0.3 is 5.69 Å². The van der Waals surface area contributed by atoms with Crippen LogP contribution in [0.3, 0.4) is 0 Å². The standard InChI is InChI=1S/C12H17NO4S/c1-8(14)10-7-9(13(15)16)11(18-10)17-6-5-12(2,3)4/h7H,5-6H2,1-4H3. The minimum absolute atomic E-state index is 0.107. The zero-order chi connectivity index (χ0) is 13.9. The molecule has 0 N–H and O–H groups in total. The highest BCUT2D eigenvalue weighted by atomic mass is 32.1. The highest BCUT2D eigenvalue weighted by molar-refractivity contribution is 7.16. The molecule has 0 amide bonds. The molecular weight excluding hydrogens is 254 g/mol. The minimum atomic E-state index is -0.518. The van der Waals surface area contributed by atoms with E-state index in [4.69, 9.17) is 4.74 Å². The fourth-order valence-corrected chi connectivity index (χ4v) is 2.11. The molecule has 0 radical (unpaired) electrons. The molecule has 1 heterocycles. The van der Waals surface area contributed by atoms with Gasteiger partial charge in [-0.3, -0.25) is 14.9 Å². The molecular formula is C12H17NO4S. The van der Waals surface area contributed by atoms with Crippen LogP contribution in [0.15, 0.2) is 6.07 Å². The predicted octanol–water partition coefficient (Wildman–Crippen LogP) is 3.67. The fraction of sp³-hybridized carbons (Fsp3) is 0.583. The fourth-order valence-electron chi connectivity index (χ4n) is 1.22. The SMILES string of the molecule is CC(=O)c1cc([N+](=O)[O-])c(OCCC(C)(C)C)s1. The summed E-state index contributed by atoms with van der Waals surface area (Å²) in [6.45, 7) is 8.00. The first-order valence-electron chi connectivity index (χ1n) is 5.62. The summed E-state index contributed by atoms with van der Waals surface area (Å²) in [6, 6.07) is 1.28. The van der Waals surface area contributed by atoms with E-state index >= 15 is 0 Å². The van der Waals surface area contributed by atoms with Crippen LogP contribution >= 0.6 is 11.3 Å². The third kappa shape index (κ3) is 4.10. The number of carbonyl (C=O) groups excluding carboxylic acids is 1. The summed E-state index contributed by atoms with van der Waals surface area (Å²) in [6.07, 6.45) is 0.789. The van der Waals surface area contributed by atoms with Crippen LogP contribution in [0.5, 0.6) is 5.06 Å². The van der Waals surface area contributed by atoms with Crippen LogP contribution in [0.1, 0.15) is 43.8 Å². The average Bonchev–Trinajstić information content (AvgIpc) is 2.59. The van der Waals surface area contributed by atoms with Crippen LogP contribution in [-0.2, 0) is 0 Å². The van der Waals surface area contributed by atoms with Crippen molar-refractivity contribution in [1.82, 2.24) is 0 Å². The normalized spacial score (nSPS) is 11.3. The molecule has 0 bridgehead atoms. The molecule has 5 nitrogen and oxygen atoms in total. The van der Waals surface area contributed by atoms with Gasteiger partial charge in [0, 0.05) is 6.07 Å². The van der Waals surface area contributed by atoms with Gasteiger partial charge in [0.25, 0.3) is 5.06 Å². The molecule has 0 atom stereocenters. The van der Waals surface area contributed by atoms with Gasteiger partial charge in [-0.05, 0) is 18.8 Å². The summed E-state index contributed by atoms with van der Waals surface area (Å²) in [5.41, 5.74) is -0.0192. The Morgan fingerprint density at radius 1 is 1.50 bits per heavy atom. The Morgan fingerprint density at radius 2 is 2.11 bits per heavy atom. The van der Waals surface area contributed by atoms with Crippen LogP contribution in [0.4, 0.5) is 5.69 Å². The van der Waals surface area contributed by atoms with E-state index in [0.717, 1.165) is 17.8 Å². The molecule has 1 aromatic rings. The number of rotatable bonds is 5. The van der Waals surface area contributed by atoms with E-state index in [9.17, 15) is 14.9 Å². The van der Waals surface area contributed by atoms with E-state index in [1.54, 1.807) is 0 Å². The molecule has 1 aromatic heterocycles. The van der Waals surface area contributed by atoms with Crippen LogP contribution < -0.4 is 4.74 Å². The summed E-state index contributed by atoms with van der Waals surface area (Å²) in [7, 11) is 0. The lowest BCUT2D eigenvalue weighted by Crippen LogP contribution is -2.11. The van der Waals surface area contributed by atoms with Crippen LogP contribution in [-0.4, -0.2) is 17.3 Å². The molecule has 100 valence electrons. The number of thiophene rings is 1. The van der Waals surface area contributed by atoms with Gasteiger partial charge in [0.15, 0.2) is 5.78 Å². The number of hydrogen-bond acceptors (Lipinski definition) is 5. The number of ketones is 1. The molecule has 0 aromatic carbocycles. The van der Waals surface area contributed by atoms with Crippen molar-refractivity contribution in [1.29, 1.82) is 0 Å². The Bertz CT molecular complexity index is 459. The summed E-state index contributed by atoms with van der Waals surface area (Å²) in [5.74, 6) is -0.186. The van der Waals surface area contributed by atoms with Gasteiger partial charge < -0.3 is 4.74 Å². The molecule has 0 saturated heterocycles. The maximum Gasteiger partial charge on any atom is 0.323 e. The average molecular weight is 271 g/mol. The number of nitro groups is 1. The first-order chi connectivity index (χ1) is 8.20. The van der Waals surface area contributed by atoms with E-state index in [1.807, 2.05) is 0 Å². The van der Waals surface area contributed by atoms with Gasteiger partial charge in [0.1, 0.15) is 0 Å². The van der Waals surface area contributed by atoms with Gasteiger partial charge in [-0.2, -0.15) is 0 Å².